The van der Waals surface area contributed by atoms with Crippen molar-refractivity contribution in [3.8, 4) is 11.1 Å². The number of aryl methyl sites for hydroxylation is 1. The highest BCUT2D eigenvalue weighted by Crippen LogP contribution is 2.26. The second kappa shape index (κ2) is 9.03. The van der Waals surface area contributed by atoms with E-state index in [0.29, 0.717) is 12.2 Å². The number of rotatable bonds is 6. The molecular weight excluding hydrogens is 414 g/mol. The number of nitrogens with zero attached hydrogens (tertiary/aromatic N) is 3. The summed E-state index contributed by atoms with van der Waals surface area (Å²) in [5.41, 5.74) is 9.23. The number of amides is 1. The lowest BCUT2D eigenvalue weighted by atomic mass is 10.1. The molecule has 0 unspecified atom stereocenters. The molecule has 2 heterocycles. The number of carbonyl (C=O) groups is 1. The highest BCUT2D eigenvalue weighted by molar-refractivity contribution is 5.99. The van der Waals surface area contributed by atoms with Crippen LogP contribution in [0.2, 0.25) is 0 Å². The van der Waals surface area contributed by atoms with Gasteiger partial charge in [0.25, 0.3) is 5.91 Å². The second-order valence-corrected chi connectivity index (χ2v) is 8.60. The number of carbonyl (C=O) groups excluding carboxylic acids is 1. The molecule has 1 saturated carbocycles. The van der Waals surface area contributed by atoms with E-state index in [9.17, 15) is 4.79 Å². The first-order valence-corrected chi connectivity index (χ1v) is 11.2. The van der Waals surface area contributed by atoms with Crippen molar-refractivity contribution < 1.29 is 9.53 Å². The molecule has 0 aliphatic heterocycles. The van der Waals surface area contributed by atoms with E-state index >= 15 is 0 Å². The number of anilines is 1. The van der Waals surface area contributed by atoms with Gasteiger partial charge in [0.1, 0.15) is 5.82 Å². The van der Waals surface area contributed by atoms with Crippen molar-refractivity contribution in [3.63, 3.8) is 0 Å². The van der Waals surface area contributed by atoms with E-state index in [1.807, 2.05) is 25.4 Å². The zero-order chi connectivity index (χ0) is 22.8. The summed E-state index contributed by atoms with van der Waals surface area (Å²) in [6.45, 7) is 0.516. The number of fused-ring (bicyclic) bond motifs is 1. The van der Waals surface area contributed by atoms with Crippen LogP contribution in [-0.2, 0) is 18.4 Å². The molecule has 7 heteroatoms. The number of nitrogens with two attached hydrogens (primary N) is 1. The first-order chi connectivity index (χ1) is 16.1. The standard InChI is InChI=1S/C26H27N5O2/c1-31-15-21(14-29-31)20-12-22(25(27)28-13-20)26(32)30-23-7-4-8-24(23)33-16-17-9-10-18-5-2-3-6-19(18)11-17/h2-3,5-6,9-15,23-24H,4,7-8,16H2,1H3,(H2,27,28)(H,30,32)/t23-,24-/m0/s1. The maximum Gasteiger partial charge on any atom is 0.255 e. The number of hydrogen-bond acceptors (Lipinski definition) is 5. The van der Waals surface area contributed by atoms with Gasteiger partial charge in [0, 0.05) is 30.6 Å². The van der Waals surface area contributed by atoms with Gasteiger partial charge in [-0.1, -0.05) is 36.4 Å². The minimum atomic E-state index is -0.225. The summed E-state index contributed by atoms with van der Waals surface area (Å²) < 4.78 is 7.95. The molecule has 2 aromatic carbocycles. The largest absolute Gasteiger partial charge is 0.383 e. The van der Waals surface area contributed by atoms with Gasteiger partial charge in [-0.2, -0.15) is 5.10 Å². The Balaban J connectivity index is 1.26. The molecule has 7 nitrogen and oxygen atoms in total. The molecule has 2 atom stereocenters. The van der Waals surface area contributed by atoms with Gasteiger partial charge in [-0.25, -0.2) is 4.98 Å². The average molecular weight is 442 g/mol. The van der Waals surface area contributed by atoms with Crippen molar-refractivity contribution >= 4 is 22.5 Å². The number of hydrogen-bond donors (Lipinski definition) is 2. The fourth-order valence-corrected chi connectivity index (χ4v) is 4.45. The molecule has 0 saturated heterocycles. The van der Waals surface area contributed by atoms with Crippen LogP contribution in [0.15, 0.2) is 67.1 Å². The normalized spacial score (nSPS) is 18.0. The van der Waals surface area contributed by atoms with Crippen LogP contribution < -0.4 is 11.1 Å². The molecule has 0 bridgehead atoms. The molecule has 1 aliphatic carbocycles. The van der Waals surface area contributed by atoms with Crippen LogP contribution in [0.4, 0.5) is 5.82 Å². The first-order valence-electron chi connectivity index (χ1n) is 11.2. The van der Waals surface area contributed by atoms with Gasteiger partial charge >= 0.3 is 0 Å². The van der Waals surface area contributed by atoms with Crippen LogP contribution in [0.1, 0.15) is 35.2 Å². The van der Waals surface area contributed by atoms with E-state index in [-0.39, 0.29) is 23.9 Å². The molecule has 33 heavy (non-hydrogen) atoms. The van der Waals surface area contributed by atoms with E-state index in [2.05, 4.69) is 45.7 Å². The lowest BCUT2D eigenvalue weighted by Crippen LogP contribution is -2.41. The van der Waals surface area contributed by atoms with E-state index in [1.54, 1.807) is 23.1 Å². The number of benzene rings is 2. The fourth-order valence-electron chi connectivity index (χ4n) is 4.45. The van der Waals surface area contributed by atoms with E-state index < -0.39 is 0 Å². The molecule has 1 aliphatic rings. The molecular formula is C26H27N5O2. The van der Waals surface area contributed by atoms with Crippen LogP contribution in [0.25, 0.3) is 21.9 Å². The topological polar surface area (TPSA) is 95.1 Å². The molecule has 3 N–H and O–H groups in total. The van der Waals surface area contributed by atoms with Gasteiger partial charge in [-0.3, -0.25) is 9.48 Å². The summed E-state index contributed by atoms with van der Waals surface area (Å²) in [6, 6.07) is 16.4. The molecule has 5 rings (SSSR count). The van der Waals surface area contributed by atoms with Crippen molar-refractivity contribution in [3.05, 3.63) is 78.2 Å². The molecule has 4 aromatic rings. The number of nitrogens with one attached hydrogen (secondary N) is 1. The van der Waals surface area contributed by atoms with E-state index in [1.165, 1.54) is 10.8 Å². The lowest BCUT2D eigenvalue weighted by Gasteiger charge is -2.22. The molecule has 2 aromatic heterocycles. The third kappa shape index (κ3) is 4.59. The third-order valence-electron chi connectivity index (χ3n) is 6.25. The fraction of sp³-hybridized carbons (Fsp3) is 0.269. The zero-order valence-electron chi connectivity index (χ0n) is 18.6. The van der Waals surface area contributed by atoms with Crippen molar-refractivity contribution in [1.82, 2.24) is 20.1 Å². The Morgan fingerprint density at radius 3 is 2.79 bits per heavy atom. The molecule has 1 amide bonds. The molecule has 1 fully saturated rings. The Bertz CT molecular complexity index is 1300. The van der Waals surface area contributed by atoms with Gasteiger partial charge in [-0.05, 0) is 47.7 Å². The number of aromatic nitrogens is 3. The lowest BCUT2D eigenvalue weighted by molar-refractivity contribution is 0.0272. The summed E-state index contributed by atoms with van der Waals surface area (Å²) in [5, 5.41) is 9.73. The van der Waals surface area contributed by atoms with Crippen molar-refractivity contribution in [2.24, 2.45) is 7.05 Å². The van der Waals surface area contributed by atoms with Crippen molar-refractivity contribution in [2.45, 2.75) is 38.0 Å². The highest BCUT2D eigenvalue weighted by atomic mass is 16.5. The number of nitrogen functional groups attached to an aromatic ring is 1. The highest BCUT2D eigenvalue weighted by Gasteiger charge is 2.30. The van der Waals surface area contributed by atoms with Gasteiger partial charge in [0.15, 0.2) is 0 Å². The van der Waals surface area contributed by atoms with Gasteiger partial charge in [-0.15, -0.1) is 0 Å². The maximum atomic E-state index is 13.1. The van der Waals surface area contributed by atoms with Crippen LogP contribution in [0.3, 0.4) is 0 Å². The van der Waals surface area contributed by atoms with E-state index in [0.717, 1.165) is 36.0 Å². The summed E-state index contributed by atoms with van der Waals surface area (Å²) >= 11 is 0. The average Bonchev–Trinajstić information content (AvgIpc) is 3.46. The smallest absolute Gasteiger partial charge is 0.255 e. The summed E-state index contributed by atoms with van der Waals surface area (Å²) in [7, 11) is 1.85. The van der Waals surface area contributed by atoms with Crippen LogP contribution in [0.5, 0.6) is 0 Å². The van der Waals surface area contributed by atoms with Crippen LogP contribution >= 0.6 is 0 Å². The second-order valence-electron chi connectivity index (χ2n) is 8.60. The monoisotopic (exact) mass is 441 g/mol. The van der Waals surface area contributed by atoms with Gasteiger partial charge in [0.2, 0.25) is 0 Å². The Morgan fingerprint density at radius 2 is 1.97 bits per heavy atom. The van der Waals surface area contributed by atoms with Gasteiger partial charge < -0.3 is 15.8 Å². The predicted octanol–water partition coefficient (Wildman–Crippen LogP) is 4.09. The molecule has 168 valence electrons. The van der Waals surface area contributed by atoms with Gasteiger partial charge in [0.05, 0.1) is 30.5 Å². The number of ether oxygens (including phenoxy) is 1. The van der Waals surface area contributed by atoms with E-state index in [4.69, 9.17) is 10.5 Å². The minimum Gasteiger partial charge on any atom is -0.383 e. The van der Waals surface area contributed by atoms with Crippen molar-refractivity contribution in [1.29, 1.82) is 0 Å². The quantitative estimate of drug-likeness (QED) is 0.470. The minimum absolute atomic E-state index is 0.0314. The maximum absolute atomic E-state index is 13.1. The Labute approximate surface area is 192 Å². The Kier molecular flexibility index (Phi) is 5.79. The summed E-state index contributed by atoms with van der Waals surface area (Å²) in [6.07, 6.45) is 8.05. The SMILES string of the molecule is Cn1cc(-c2cnc(N)c(C(=O)N[C@H]3CCC[C@@H]3OCc3ccc4ccccc4c3)c2)cn1. The number of pyridine rings is 1. The molecule has 0 spiro atoms. The Morgan fingerprint density at radius 1 is 1.12 bits per heavy atom. The summed E-state index contributed by atoms with van der Waals surface area (Å²) in [5.74, 6) is -0.0104. The van der Waals surface area contributed by atoms with Crippen LogP contribution in [0, 0.1) is 0 Å². The van der Waals surface area contributed by atoms with Crippen molar-refractivity contribution in [2.75, 3.05) is 5.73 Å². The first kappa shape index (κ1) is 21.2. The van der Waals surface area contributed by atoms with Crippen LogP contribution in [-0.4, -0.2) is 32.8 Å². The zero-order valence-corrected chi connectivity index (χ0v) is 18.6. The Hall–Kier alpha value is -3.71. The third-order valence-corrected chi connectivity index (χ3v) is 6.25. The molecule has 0 radical (unpaired) electrons. The summed E-state index contributed by atoms with van der Waals surface area (Å²) in [4.78, 5) is 17.3. The predicted molar refractivity (Wildman–Crippen MR) is 128 cm³/mol.